The fraction of sp³-hybridized carbons (Fsp3) is 0.571. The highest BCUT2D eigenvalue weighted by Crippen LogP contribution is 2.15. The van der Waals surface area contributed by atoms with E-state index < -0.39 is 18.3 Å². The summed E-state index contributed by atoms with van der Waals surface area (Å²) in [6.45, 7) is 2.63. The summed E-state index contributed by atoms with van der Waals surface area (Å²) >= 11 is 0. The summed E-state index contributed by atoms with van der Waals surface area (Å²) in [7, 11) is 0. The van der Waals surface area contributed by atoms with Crippen LogP contribution in [0.5, 0.6) is 0 Å². The smallest absolute Gasteiger partial charge is 0.110 e. The van der Waals surface area contributed by atoms with Crippen LogP contribution in [0, 0.1) is 0 Å². The van der Waals surface area contributed by atoms with Crippen LogP contribution in [-0.4, -0.2) is 35.1 Å². The average molecular weight is 238 g/mol. The number of rotatable bonds is 5. The number of aliphatic hydroxyl groups excluding tert-OH is 2. The second kappa shape index (κ2) is 8.23. The first kappa shape index (κ1) is 14.2. The molecule has 1 aliphatic heterocycles. The van der Waals surface area contributed by atoms with Gasteiger partial charge in [-0.2, -0.15) is 0 Å². The molecule has 96 valence electrons. The molecule has 0 bridgehead atoms. The highest BCUT2D eigenvalue weighted by atomic mass is 16.5. The Kier molecular flexibility index (Phi) is 6.86. The number of ether oxygens (including phenoxy) is 1. The summed E-state index contributed by atoms with van der Waals surface area (Å²) < 4.78 is 5.36. The molecule has 1 saturated heterocycles. The Morgan fingerprint density at radius 3 is 2.71 bits per heavy atom. The normalized spacial score (nSPS) is 30.9. The molecule has 1 rings (SSSR count). The van der Waals surface area contributed by atoms with Gasteiger partial charge in [0.05, 0.1) is 12.7 Å². The molecule has 0 amide bonds. The number of hydrogen-bond donors (Lipinski definition) is 2. The fourth-order valence-corrected chi connectivity index (χ4v) is 1.63. The Balaban J connectivity index is 2.32. The maximum atomic E-state index is 9.65. The van der Waals surface area contributed by atoms with Crippen molar-refractivity contribution in [3.05, 3.63) is 36.5 Å². The largest absolute Gasteiger partial charge is 0.390 e. The molecule has 3 nitrogen and oxygen atoms in total. The van der Waals surface area contributed by atoms with Crippen LogP contribution in [0.25, 0.3) is 0 Å². The number of allylic oxidation sites excluding steroid dienone is 5. The van der Waals surface area contributed by atoms with Crippen molar-refractivity contribution in [2.75, 3.05) is 6.61 Å². The van der Waals surface area contributed by atoms with Gasteiger partial charge in [-0.3, -0.25) is 0 Å². The van der Waals surface area contributed by atoms with Crippen molar-refractivity contribution in [3.8, 4) is 0 Å². The molecule has 0 aromatic heterocycles. The third-order valence-electron chi connectivity index (χ3n) is 2.68. The summed E-state index contributed by atoms with van der Waals surface area (Å²) in [5, 5.41) is 19.1. The molecule has 0 unspecified atom stereocenters. The second-order valence-corrected chi connectivity index (χ2v) is 4.17. The van der Waals surface area contributed by atoms with E-state index in [1.54, 1.807) is 6.08 Å². The molecular formula is C14H22O3. The van der Waals surface area contributed by atoms with Crippen LogP contribution >= 0.6 is 0 Å². The Labute approximate surface area is 103 Å². The van der Waals surface area contributed by atoms with Crippen molar-refractivity contribution in [3.63, 3.8) is 0 Å². The van der Waals surface area contributed by atoms with Gasteiger partial charge >= 0.3 is 0 Å². The van der Waals surface area contributed by atoms with Gasteiger partial charge in [-0.25, -0.2) is 0 Å². The van der Waals surface area contributed by atoms with E-state index in [1.165, 1.54) is 0 Å². The fourth-order valence-electron chi connectivity index (χ4n) is 1.63. The zero-order valence-corrected chi connectivity index (χ0v) is 10.3. The standard InChI is InChI=1S/C14H22O3/c1-2-3-4-5-6-7-8-9-13-14(16)12(15)10-11-17-13/h4-9,12-16H,2-3,10-11H2,1H3/b5-4+,7-6+,9-8+/t12-,13-,14+/m1/s1. The molecule has 0 aliphatic carbocycles. The molecule has 0 saturated carbocycles. The lowest BCUT2D eigenvalue weighted by Crippen LogP contribution is -2.43. The number of unbranched alkanes of at least 4 members (excludes halogenated alkanes) is 1. The van der Waals surface area contributed by atoms with Gasteiger partial charge in [0.15, 0.2) is 0 Å². The minimum Gasteiger partial charge on any atom is -0.390 e. The summed E-state index contributed by atoms with van der Waals surface area (Å²) in [5.74, 6) is 0. The van der Waals surface area contributed by atoms with Gasteiger partial charge in [0.25, 0.3) is 0 Å². The van der Waals surface area contributed by atoms with E-state index >= 15 is 0 Å². The van der Waals surface area contributed by atoms with E-state index in [4.69, 9.17) is 4.74 Å². The lowest BCUT2D eigenvalue weighted by atomic mass is 10.0. The van der Waals surface area contributed by atoms with Gasteiger partial charge in [0, 0.05) is 0 Å². The highest BCUT2D eigenvalue weighted by Gasteiger charge is 2.29. The van der Waals surface area contributed by atoms with Gasteiger partial charge in [0.1, 0.15) is 12.2 Å². The third-order valence-corrected chi connectivity index (χ3v) is 2.68. The van der Waals surface area contributed by atoms with E-state index in [0.717, 1.165) is 12.8 Å². The van der Waals surface area contributed by atoms with Crippen molar-refractivity contribution in [1.29, 1.82) is 0 Å². The van der Waals surface area contributed by atoms with Gasteiger partial charge in [0.2, 0.25) is 0 Å². The molecule has 0 spiro atoms. The van der Waals surface area contributed by atoms with Gasteiger partial charge in [-0.1, -0.05) is 49.8 Å². The first-order chi connectivity index (χ1) is 8.25. The predicted molar refractivity (Wildman–Crippen MR) is 68.7 cm³/mol. The molecule has 2 N–H and O–H groups in total. The van der Waals surface area contributed by atoms with E-state index in [9.17, 15) is 10.2 Å². The molecule has 17 heavy (non-hydrogen) atoms. The maximum absolute atomic E-state index is 9.65. The van der Waals surface area contributed by atoms with Crippen LogP contribution in [0.15, 0.2) is 36.5 Å². The van der Waals surface area contributed by atoms with Crippen molar-refractivity contribution in [1.82, 2.24) is 0 Å². The van der Waals surface area contributed by atoms with Gasteiger partial charge in [-0.05, 0) is 12.8 Å². The third kappa shape index (κ3) is 5.31. The van der Waals surface area contributed by atoms with Gasteiger partial charge < -0.3 is 14.9 Å². The first-order valence-electron chi connectivity index (χ1n) is 6.23. The van der Waals surface area contributed by atoms with Crippen LogP contribution in [0.4, 0.5) is 0 Å². The Morgan fingerprint density at radius 1 is 1.18 bits per heavy atom. The molecule has 3 atom stereocenters. The quantitative estimate of drug-likeness (QED) is 0.720. The summed E-state index contributed by atoms with van der Waals surface area (Å²) in [6, 6.07) is 0. The Bertz CT molecular complexity index is 281. The lowest BCUT2D eigenvalue weighted by Gasteiger charge is -2.29. The van der Waals surface area contributed by atoms with Crippen LogP contribution < -0.4 is 0 Å². The number of hydrogen-bond acceptors (Lipinski definition) is 3. The van der Waals surface area contributed by atoms with Crippen molar-refractivity contribution < 1.29 is 14.9 Å². The lowest BCUT2D eigenvalue weighted by molar-refractivity contribution is -0.116. The predicted octanol–water partition coefficient (Wildman–Crippen LogP) is 1.97. The molecular weight excluding hydrogens is 216 g/mol. The molecule has 3 heteroatoms. The average Bonchev–Trinajstić information content (AvgIpc) is 2.33. The minimum atomic E-state index is -0.816. The zero-order chi connectivity index (χ0) is 12.5. The Morgan fingerprint density at radius 2 is 1.94 bits per heavy atom. The first-order valence-corrected chi connectivity index (χ1v) is 6.23. The summed E-state index contributed by atoms with van der Waals surface area (Å²) in [5.41, 5.74) is 0. The minimum absolute atomic E-state index is 0.400. The molecule has 0 radical (unpaired) electrons. The summed E-state index contributed by atoms with van der Waals surface area (Å²) in [4.78, 5) is 0. The van der Waals surface area contributed by atoms with Crippen LogP contribution in [-0.2, 0) is 4.74 Å². The van der Waals surface area contributed by atoms with Crippen LogP contribution in [0.3, 0.4) is 0 Å². The van der Waals surface area contributed by atoms with E-state index in [1.807, 2.05) is 24.3 Å². The van der Waals surface area contributed by atoms with Crippen molar-refractivity contribution in [2.45, 2.75) is 44.5 Å². The second-order valence-electron chi connectivity index (χ2n) is 4.17. The highest BCUT2D eigenvalue weighted by molar-refractivity contribution is 5.13. The topological polar surface area (TPSA) is 49.7 Å². The molecule has 1 fully saturated rings. The van der Waals surface area contributed by atoms with Crippen molar-refractivity contribution >= 4 is 0 Å². The molecule has 0 aromatic rings. The van der Waals surface area contributed by atoms with Gasteiger partial charge in [-0.15, -0.1) is 0 Å². The maximum Gasteiger partial charge on any atom is 0.110 e. The molecule has 1 heterocycles. The van der Waals surface area contributed by atoms with E-state index in [-0.39, 0.29) is 0 Å². The van der Waals surface area contributed by atoms with Crippen LogP contribution in [0.2, 0.25) is 0 Å². The zero-order valence-electron chi connectivity index (χ0n) is 10.3. The van der Waals surface area contributed by atoms with E-state index in [2.05, 4.69) is 13.0 Å². The monoisotopic (exact) mass is 238 g/mol. The molecule has 1 aliphatic rings. The van der Waals surface area contributed by atoms with Crippen molar-refractivity contribution in [2.24, 2.45) is 0 Å². The Hall–Kier alpha value is -0.900. The van der Waals surface area contributed by atoms with E-state index in [0.29, 0.717) is 13.0 Å². The van der Waals surface area contributed by atoms with Crippen LogP contribution in [0.1, 0.15) is 26.2 Å². The number of aliphatic hydroxyl groups is 2. The SMILES string of the molecule is CCC/C=C/C=C/C=C/[C@H]1OCC[C@@H](O)[C@@H]1O. The molecule has 0 aromatic carbocycles. The summed E-state index contributed by atoms with van der Waals surface area (Å²) in [6.07, 6.45) is 12.4.